The Labute approximate surface area is 364 Å². The molecule has 2 fully saturated rings. The molecule has 6 rings (SSSR count). The number of aliphatic hydroxyl groups is 1. The van der Waals surface area contributed by atoms with Crippen LogP contribution in [0.3, 0.4) is 0 Å². The molecule has 2 saturated heterocycles. The summed E-state index contributed by atoms with van der Waals surface area (Å²) in [5.74, 6) is -4.89. The lowest BCUT2D eigenvalue weighted by molar-refractivity contribution is 0.0583. The number of aliphatic hydroxyl groups excluding tert-OH is 1. The Balaban J connectivity index is 0.000000236. The number of amides is 2. The van der Waals surface area contributed by atoms with Crippen LogP contribution >= 0.6 is 30.6 Å². The summed E-state index contributed by atoms with van der Waals surface area (Å²) in [6.45, 7) is 2.27. The van der Waals surface area contributed by atoms with Gasteiger partial charge < -0.3 is 29.7 Å². The smallest absolute Gasteiger partial charge is 0.255 e. The van der Waals surface area contributed by atoms with Crippen molar-refractivity contribution in [3.05, 3.63) is 117 Å². The number of benzene rings is 4. The average molecular weight is 970 g/mol. The first kappa shape index (κ1) is 49.0. The molecule has 0 radical (unpaired) electrons. The predicted molar refractivity (Wildman–Crippen MR) is 221 cm³/mol. The zero-order chi connectivity index (χ0) is 45.6. The standard InChI is InChI=1S/C20H22ClF2N2O6PS.C18H17ClF2N2O5S/c1-32(2,27)31-15-11-25(7-8-30-12-15)33(28,29)19-9-13(3-5-18(19)23)20(26)24-14-4-6-17(22)16(21)10-14;19-14-8-12(2-4-15(14)20)22-18(25)11-1-3-16(21)17(7-11)29(26,27)23-5-6-28-10-13(24)9-23/h3-6,9-10,15H,7-8,11-12H2,1-2H3,(H,24,26);1-4,7-8,13,24H,5-6,9-10H2,(H,22,25). The van der Waals surface area contributed by atoms with Crippen LogP contribution in [0.5, 0.6) is 0 Å². The molecule has 0 spiro atoms. The average Bonchev–Trinajstić information content (AvgIpc) is 3.58. The van der Waals surface area contributed by atoms with Crippen molar-refractivity contribution in [1.82, 2.24) is 8.61 Å². The highest BCUT2D eigenvalue weighted by Gasteiger charge is 2.34. The Morgan fingerprint density at radius 1 is 0.694 bits per heavy atom. The van der Waals surface area contributed by atoms with Crippen molar-refractivity contribution in [2.75, 3.05) is 76.6 Å². The quantitative estimate of drug-likeness (QED) is 0.123. The van der Waals surface area contributed by atoms with Gasteiger partial charge >= 0.3 is 0 Å². The van der Waals surface area contributed by atoms with E-state index in [1.165, 1.54) is 37.6 Å². The van der Waals surface area contributed by atoms with Crippen LogP contribution in [-0.2, 0) is 38.6 Å². The molecule has 0 aliphatic carbocycles. The third-order valence-corrected chi connectivity index (χ3v) is 13.9. The van der Waals surface area contributed by atoms with E-state index in [2.05, 4.69) is 10.6 Å². The van der Waals surface area contributed by atoms with Gasteiger partial charge in [0.1, 0.15) is 39.2 Å². The van der Waals surface area contributed by atoms with Gasteiger partial charge in [-0.25, -0.2) is 34.4 Å². The minimum Gasteiger partial charge on any atom is -0.389 e. The van der Waals surface area contributed by atoms with Crippen molar-refractivity contribution in [1.29, 1.82) is 0 Å². The van der Waals surface area contributed by atoms with Crippen LogP contribution < -0.4 is 10.6 Å². The zero-order valence-corrected chi connectivity index (χ0v) is 36.7. The molecule has 4 aromatic carbocycles. The number of nitrogens with one attached hydrogen (secondary N) is 2. The lowest BCUT2D eigenvalue weighted by atomic mass is 10.2. The monoisotopic (exact) mass is 968 g/mol. The molecule has 2 aliphatic rings. The lowest BCUT2D eigenvalue weighted by Gasteiger charge is -2.24. The fourth-order valence-electron chi connectivity index (χ4n) is 5.89. The molecule has 0 aromatic heterocycles. The van der Waals surface area contributed by atoms with E-state index in [1.54, 1.807) is 0 Å². The summed E-state index contributed by atoms with van der Waals surface area (Å²) in [5.41, 5.74) is 0.0919. The largest absolute Gasteiger partial charge is 0.389 e. The van der Waals surface area contributed by atoms with Gasteiger partial charge in [0, 0.05) is 62.0 Å². The number of sulfonamides is 2. The molecule has 4 aromatic rings. The normalized spacial score (nSPS) is 18.1. The fraction of sp³-hybridized carbons (Fsp3) is 0.316. The summed E-state index contributed by atoms with van der Waals surface area (Å²) in [6, 6.07) is 12.8. The highest BCUT2D eigenvalue weighted by molar-refractivity contribution is 7.89. The molecule has 62 heavy (non-hydrogen) atoms. The van der Waals surface area contributed by atoms with Crippen LogP contribution in [0.1, 0.15) is 20.7 Å². The SMILES string of the molecule is CP(C)(=O)OC1COCCN(S(=O)(=O)c2cc(C(=O)Nc3ccc(F)c(Cl)c3)ccc2F)C1.O=C(Nc1ccc(F)c(Cl)c1)c1ccc(F)c(S(=O)(=O)N2CCOCC(O)C2)c1. The van der Waals surface area contributed by atoms with Gasteiger partial charge in [0.2, 0.25) is 20.0 Å². The molecule has 2 heterocycles. The van der Waals surface area contributed by atoms with Crippen LogP contribution in [0.2, 0.25) is 10.0 Å². The van der Waals surface area contributed by atoms with E-state index in [0.29, 0.717) is 0 Å². The summed E-state index contributed by atoms with van der Waals surface area (Å²) in [5, 5.41) is 14.2. The molecule has 15 nitrogen and oxygen atoms in total. The van der Waals surface area contributed by atoms with Gasteiger partial charge in [-0.05, 0) is 72.8 Å². The highest BCUT2D eigenvalue weighted by Crippen LogP contribution is 2.39. The summed E-state index contributed by atoms with van der Waals surface area (Å²) in [7, 11) is -11.6. The van der Waals surface area contributed by atoms with Crippen LogP contribution in [0.25, 0.3) is 0 Å². The first-order chi connectivity index (χ1) is 29.0. The topological polar surface area (TPSA) is 198 Å². The Bertz CT molecular complexity index is 2590. The van der Waals surface area contributed by atoms with Crippen molar-refractivity contribution in [3.63, 3.8) is 0 Å². The van der Waals surface area contributed by atoms with Crippen molar-refractivity contribution < 1.29 is 67.7 Å². The maximum absolute atomic E-state index is 14.6. The second-order valence-electron chi connectivity index (χ2n) is 14.0. The Kier molecular flexibility index (Phi) is 16.3. The van der Waals surface area contributed by atoms with Gasteiger partial charge in [0.25, 0.3) is 11.8 Å². The van der Waals surface area contributed by atoms with E-state index in [0.717, 1.165) is 57.1 Å². The minimum atomic E-state index is -4.39. The van der Waals surface area contributed by atoms with Crippen molar-refractivity contribution in [2.24, 2.45) is 0 Å². The lowest BCUT2D eigenvalue weighted by Crippen LogP contribution is -2.38. The number of nitrogens with zero attached hydrogens (tertiary/aromatic N) is 2. The molecule has 2 unspecified atom stereocenters. The second kappa shape index (κ2) is 20.7. The maximum Gasteiger partial charge on any atom is 0.255 e. The van der Waals surface area contributed by atoms with E-state index in [-0.39, 0.29) is 85.2 Å². The van der Waals surface area contributed by atoms with Crippen molar-refractivity contribution in [2.45, 2.75) is 22.0 Å². The van der Waals surface area contributed by atoms with Gasteiger partial charge in [-0.3, -0.25) is 14.2 Å². The summed E-state index contributed by atoms with van der Waals surface area (Å²) < 4.78 is 137. The highest BCUT2D eigenvalue weighted by atomic mass is 35.5. The number of rotatable bonds is 10. The first-order valence-corrected chi connectivity index (χ1v) is 24.4. The molecule has 2 amide bonds. The van der Waals surface area contributed by atoms with Gasteiger partial charge in [-0.1, -0.05) is 23.2 Å². The number of carbonyl (C=O) groups is 2. The summed E-state index contributed by atoms with van der Waals surface area (Å²) in [6.07, 6.45) is -1.86. The summed E-state index contributed by atoms with van der Waals surface area (Å²) in [4.78, 5) is 23.6. The molecule has 2 atom stereocenters. The zero-order valence-electron chi connectivity index (χ0n) is 32.7. The maximum atomic E-state index is 14.6. The molecule has 336 valence electrons. The number of carbonyl (C=O) groups excluding carboxylic acids is 2. The molecule has 24 heteroatoms. The Morgan fingerprint density at radius 3 is 1.55 bits per heavy atom. The number of anilines is 2. The van der Waals surface area contributed by atoms with Crippen LogP contribution in [0, 0.1) is 23.3 Å². The predicted octanol–water partition coefficient (Wildman–Crippen LogP) is 6.07. The van der Waals surface area contributed by atoms with Gasteiger partial charge in [0.15, 0.2) is 7.37 Å². The molecule has 2 aliphatic heterocycles. The number of hydrogen-bond donors (Lipinski definition) is 3. The molecule has 3 N–H and O–H groups in total. The van der Waals surface area contributed by atoms with Crippen LogP contribution in [-0.4, -0.2) is 121 Å². The minimum absolute atomic E-state index is 0.0306. The Hall–Kier alpha value is -3.99. The van der Waals surface area contributed by atoms with Crippen molar-refractivity contribution >= 4 is 73.8 Å². The van der Waals surface area contributed by atoms with Crippen LogP contribution in [0.15, 0.2) is 82.6 Å². The third kappa shape index (κ3) is 12.8. The number of hydrogen-bond acceptors (Lipinski definition) is 11. The van der Waals surface area contributed by atoms with E-state index in [9.17, 15) is 53.7 Å². The van der Waals surface area contributed by atoms with Gasteiger partial charge in [0.05, 0.1) is 42.6 Å². The molecular formula is C38H39Cl2F4N4O11PS2. The van der Waals surface area contributed by atoms with E-state index >= 15 is 0 Å². The van der Waals surface area contributed by atoms with E-state index < -0.39 is 84.5 Å². The Morgan fingerprint density at radius 2 is 1.11 bits per heavy atom. The van der Waals surface area contributed by atoms with Gasteiger partial charge in [-0.15, -0.1) is 0 Å². The second-order valence-corrected chi connectivity index (χ2v) is 21.3. The first-order valence-electron chi connectivity index (χ1n) is 18.2. The fourth-order valence-corrected chi connectivity index (χ4v) is 10.2. The van der Waals surface area contributed by atoms with Gasteiger partial charge in [-0.2, -0.15) is 8.61 Å². The molecule has 0 saturated carbocycles. The summed E-state index contributed by atoms with van der Waals surface area (Å²) >= 11 is 11.4. The number of halogens is 6. The molecule has 0 bridgehead atoms. The number of β-amino-alcohol motifs (C(OH)–C–C–N with tert-alkyl or cyclic N) is 1. The third-order valence-electron chi connectivity index (χ3n) is 8.79. The van der Waals surface area contributed by atoms with E-state index in [4.69, 9.17) is 37.2 Å². The van der Waals surface area contributed by atoms with Crippen molar-refractivity contribution in [3.8, 4) is 0 Å². The molecular weight excluding hydrogens is 930 g/mol. The number of ether oxygens (including phenoxy) is 2. The van der Waals surface area contributed by atoms with E-state index in [1.807, 2.05) is 0 Å². The van der Waals surface area contributed by atoms with Crippen LogP contribution in [0.4, 0.5) is 28.9 Å².